The van der Waals surface area contributed by atoms with Gasteiger partial charge in [-0.05, 0) is 43.4 Å². The topological polar surface area (TPSA) is 32.3 Å². The molecule has 2 aliphatic rings. The van der Waals surface area contributed by atoms with E-state index in [0.29, 0.717) is 6.54 Å². The number of piperidine rings is 1. The van der Waals surface area contributed by atoms with Gasteiger partial charge in [-0.2, -0.15) is 13.2 Å². The van der Waals surface area contributed by atoms with Crippen LogP contribution in [-0.4, -0.2) is 29.9 Å². The summed E-state index contributed by atoms with van der Waals surface area (Å²) in [7, 11) is 0. The molecular weight excluding hydrogens is 305 g/mol. The molecule has 126 valence electrons. The quantitative estimate of drug-likeness (QED) is 0.921. The molecule has 23 heavy (non-hydrogen) atoms. The molecule has 1 amide bonds. The molecule has 1 aromatic rings. The second-order valence-corrected chi connectivity index (χ2v) is 6.53. The standard InChI is InChI=1S/C17H21F3N2O/c18-17(19,20)14-5-1-12(2-6-14)11-22-9-7-15(8-10-22)21-16(23)13-3-4-13/h1-2,5-6,13,15H,3-4,7-11H2,(H,21,23). The molecule has 1 aliphatic heterocycles. The first-order valence-corrected chi connectivity index (χ1v) is 8.11. The number of hydrogen-bond donors (Lipinski definition) is 1. The lowest BCUT2D eigenvalue weighted by atomic mass is 10.0. The molecule has 1 heterocycles. The first-order chi connectivity index (χ1) is 10.9. The highest BCUT2D eigenvalue weighted by Crippen LogP contribution is 2.30. The lowest BCUT2D eigenvalue weighted by molar-refractivity contribution is -0.137. The van der Waals surface area contributed by atoms with Crippen molar-refractivity contribution in [2.75, 3.05) is 13.1 Å². The second-order valence-electron chi connectivity index (χ2n) is 6.53. The molecule has 0 bridgehead atoms. The molecule has 2 fully saturated rings. The third-order valence-corrected chi connectivity index (χ3v) is 4.57. The van der Waals surface area contributed by atoms with Crippen molar-refractivity contribution in [2.24, 2.45) is 5.92 Å². The normalized spacial score (nSPS) is 20.5. The Balaban J connectivity index is 1.45. The van der Waals surface area contributed by atoms with Crippen molar-refractivity contribution in [2.45, 2.75) is 44.4 Å². The van der Waals surface area contributed by atoms with E-state index < -0.39 is 11.7 Å². The van der Waals surface area contributed by atoms with Gasteiger partial charge >= 0.3 is 6.18 Å². The van der Waals surface area contributed by atoms with Crippen LogP contribution in [0.4, 0.5) is 13.2 Å². The van der Waals surface area contributed by atoms with Crippen molar-refractivity contribution in [3.05, 3.63) is 35.4 Å². The summed E-state index contributed by atoms with van der Waals surface area (Å²) in [6, 6.07) is 5.61. The maximum atomic E-state index is 12.5. The van der Waals surface area contributed by atoms with Crippen LogP contribution in [0.15, 0.2) is 24.3 Å². The van der Waals surface area contributed by atoms with Gasteiger partial charge < -0.3 is 5.32 Å². The van der Waals surface area contributed by atoms with Crippen molar-refractivity contribution < 1.29 is 18.0 Å². The first-order valence-electron chi connectivity index (χ1n) is 8.11. The van der Waals surface area contributed by atoms with Crippen LogP contribution in [0.5, 0.6) is 0 Å². The number of alkyl halides is 3. The molecule has 1 N–H and O–H groups in total. The summed E-state index contributed by atoms with van der Waals surface area (Å²) in [5.74, 6) is 0.423. The van der Waals surface area contributed by atoms with Gasteiger partial charge in [0.05, 0.1) is 5.56 Å². The predicted octanol–water partition coefficient (Wildman–Crippen LogP) is 3.20. The van der Waals surface area contributed by atoms with E-state index in [2.05, 4.69) is 10.2 Å². The van der Waals surface area contributed by atoms with Gasteiger partial charge in [0.1, 0.15) is 0 Å². The average Bonchev–Trinajstić information content (AvgIpc) is 3.34. The third kappa shape index (κ3) is 4.47. The SMILES string of the molecule is O=C(NC1CCN(Cc2ccc(C(F)(F)F)cc2)CC1)C1CC1. The van der Waals surface area contributed by atoms with Gasteiger partial charge in [0.15, 0.2) is 0 Å². The van der Waals surface area contributed by atoms with Crippen LogP contribution in [-0.2, 0) is 17.5 Å². The van der Waals surface area contributed by atoms with Gasteiger partial charge in [0.25, 0.3) is 0 Å². The molecule has 0 unspecified atom stereocenters. The van der Waals surface area contributed by atoms with E-state index >= 15 is 0 Å². The summed E-state index contributed by atoms with van der Waals surface area (Å²) in [5.41, 5.74) is 0.279. The van der Waals surface area contributed by atoms with Crippen LogP contribution in [0.3, 0.4) is 0 Å². The smallest absolute Gasteiger partial charge is 0.353 e. The van der Waals surface area contributed by atoms with Crippen LogP contribution in [0.2, 0.25) is 0 Å². The number of hydrogen-bond acceptors (Lipinski definition) is 2. The van der Waals surface area contributed by atoms with Crippen molar-refractivity contribution >= 4 is 5.91 Å². The number of nitrogens with zero attached hydrogens (tertiary/aromatic N) is 1. The molecule has 3 rings (SSSR count). The lowest BCUT2D eigenvalue weighted by Crippen LogP contribution is -2.44. The zero-order chi connectivity index (χ0) is 16.4. The van der Waals surface area contributed by atoms with Crippen molar-refractivity contribution in [1.29, 1.82) is 0 Å². The summed E-state index contributed by atoms with van der Waals surface area (Å²) < 4.78 is 37.6. The predicted molar refractivity (Wildman–Crippen MR) is 80.6 cm³/mol. The first kappa shape index (κ1) is 16.3. The Labute approximate surface area is 133 Å². The highest BCUT2D eigenvalue weighted by molar-refractivity contribution is 5.81. The molecule has 0 spiro atoms. The number of nitrogens with one attached hydrogen (secondary N) is 1. The van der Waals surface area contributed by atoms with Gasteiger partial charge in [0.2, 0.25) is 5.91 Å². The van der Waals surface area contributed by atoms with Crippen LogP contribution in [0.25, 0.3) is 0 Å². The van der Waals surface area contributed by atoms with E-state index in [9.17, 15) is 18.0 Å². The van der Waals surface area contributed by atoms with Crippen LogP contribution >= 0.6 is 0 Å². The number of halogens is 3. The Bertz CT molecular complexity index is 544. The van der Waals surface area contributed by atoms with Gasteiger partial charge in [-0.15, -0.1) is 0 Å². The Morgan fingerprint density at radius 1 is 1.09 bits per heavy atom. The summed E-state index contributed by atoms with van der Waals surface area (Å²) in [6.45, 7) is 2.37. The molecule has 0 atom stereocenters. The van der Waals surface area contributed by atoms with Crippen molar-refractivity contribution in [3.8, 4) is 0 Å². The third-order valence-electron chi connectivity index (χ3n) is 4.57. The van der Waals surface area contributed by atoms with E-state index in [4.69, 9.17) is 0 Å². The van der Waals surface area contributed by atoms with Crippen LogP contribution < -0.4 is 5.32 Å². The number of benzene rings is 1. The Kier molecular flexibility index (Phi) is 4.62. The minimum atomic E-state index is -4.28. The largest absolute Gasteiger partial charge is 0.416 e. The van der Waals surface area contributed by atoms with Gasteiger partial charge in [-0.3, -0.25) is 9.69 Å². The zero-order valence-corrected chi connectivity index (χ0v) is 12.9. The molecule has 0 radical (unpaired) electrons. The molecular formula is C17H21F3N2O. The fourth-order valence-corrected chi connectivity index (χ4v) is 2.96. The Hall–Kier alpha value is -1.56. The van der Waals surface area contributed by atoms with Crippen LogP contribution in [0.1, 0.15) is 36.8 Å². The Morgan fingerprint density at radius 3 is 2.22 bits per heavy atom. The highest BCUT2D eigenvalue weighted by atomic mass is 19.4. The second kappa shape index (κ2) is 6.51. The van der Waals surface area contributed by atoms with Crippen LogP contribution in [0, 0.1) is 5.92 Å². The number of amides is 1. The summed E-state index contributed by atoms with van der Waals surface area (Å²) in [5, 5.41) is 3.10. The number of carbonyl (C=O) groups excluding carboxylic acids is 1. The average molecular weight is 326 g/mol. The van der Waals surface area contributed by atoms with E-state index in [-0.39, 0.29) is 17.9 Å². The fourth-order valence-electron chi connectivity index (χ4n) is 2.96. The van der Waals surface area contributed by atoms with Gasteiger partial charge in [-0.1, -0.05) is 12.1 Å². The number of likely N-dealkylation sites (tertiary alicyclic amines) is 1. The molecule has 3 nitrogen and oxygen atoms in total. The summed E-state index contributed by atoms with van der Waals surface area (Å²) in [4.78, 5) is 14.0. The highest BCUT2D eigenvalue weighted by Gasteiger charge is 2.32. The van der Waals surface area contributed by atoms with E-state index in [1.807, 2.05) is 0 Å². The molecule has 1 aliphatic carbocycles. The van der Waals surface area contributed by atoms with Crippen molar-refractivity contribution in [1.82, 2.24) is 10.2 Å². The maximum Gasteiger partial charge on any atom is 0.416 e. The van der Waals surface area contributed by atoms with Gasteiger partial charge in [0, 0.05) is 31.6 Å². The van der Waals surface area contributed by atoms with E-state index in [1.54, 1.807) is 12.1 Å². The Morgan fingerprint density at radius 2 is 1.70 bits per heavy atom. The summed E-state index contributed by atoms with van der Waals surface area (Å²) >= 11 is 0. The maximum absolute atomic E-state index is 12.5. The minimum Gasteiger partial charge on any atom is -0.353 e. The zero-order valence-electron chi connectivity index (χ0n) is 12.9. The number of rotatable bonds is 4. The van der Waals surface area contributed by atoms with Gasteiger partial charge in [-0.25, -0.2) is 0 Å². The van der Waals surface area contributed by atoms with E-state index in [0.717, 1.165) is 56.5 Å². The monoisotopic (exact) mass is 326 g/mol. The molecule has 1 aromatic carbocycles. The van der Waals surface area contributed by atoms with E-state index in [1.165, 1.54) is 0 Å². The molecule has 6 heteroatoms. The molecule has 1 saturated heterocycles. The summed E-state index contributed by atoms with van der Waals surface area (Å²) in [6.07, 6.45) is -0.452. The molecule has 1 saturated carbocycles. The fraction of sp³-hybridized carbons (Fsp3) is 0.588. The van der Waals surface area contributed by atoms with Crippen molar-refractivity contribution in [3.63, 3.8) is 0 Å². The lowest BCUT2D eigenvalue weighted by Gasteiger charge is -2.32. The number of carbonyl (C=O) groups is 1. The minimum absolute atomic E-state index is 0.186. The molecule has 0 aromatic heterocycles.